The average molecular weight is 488 g/mol. The van der Waals surface area contributed by atoms with Gasteiger partial charge in [0.05, 0.1) is 22.3 Å². The topological polar surface area (TPSA) is 55.2 Å². The van der Waals surface area contributed by atoms with Crippen molar-refractivity contribution in [2.24, 2.45) is 5.92 Å². The highest BCUT2D eigenvalue weighted by Crippen LogP contribution is 2.25. The zero-order valence-corrected chi connectivity index (χ0v) is 20.1. The molecule has 7 heteroatoms. The minimum Gasteiger partial charge on any atom is -0.342 e. The largest absolute Gasteiger partial charge is 0.342 e. The zero-order chi connectivity index (χ0) is 24.2. The summed E-state index contributed by atoms with van der Waals surface area (Å²) in [6.45, 7) is 1.49. The number of hydrogen-bond donors (Lipinski definition) is 0. The first-order valence-electron chi connectivity index (χ1n) is 11.8. The number of para-hydroxylation sites is 1. The monoisotopic (exact) mass is 487 g/mol. The van der Waals surface area contributed by atoms with Crippen LogP contribution in [0.25, 0.3) is 16.6 Å². The Balaban J connectivity index is 1.30. The van der Waals surface area contributed by atoms with E-state index >= 15 is 0 Å². The first-order valence-corrected chi connectivity index (χ1v) is 12.8. The summed E-state index contributed by atoms with van der Waals surface area (Å²) >= 11 is 1.25. The third-order valence-corrected chi connectivity index (χ3v) is 7.41. The molecule has 5 nitrogen and oxygen atoms in total. The Bertz CT molecular complexity index is 1380. The van der Waals surface area contributed by atoms with E-state index in [-0.39, 0.29) is 23.0 Å². The molecule has 1 saturated heterocycles. The molecular weight excluding hydrogens is 461 g/mol. The van der Waals surface area contributed by atoms with Gasteiger partial charge in [-0.2, -0.15) is 0 Å². The summed E-state index contributed by atoms with van der Waals surface area (Å²) in [5, 5.41) is 0.903. The van der Waals surface area contributed by atoms with Crippen molar-refractivity contribution in [3.63, 3.8) is 0 Å². The molecule has 178 valence electrons. The average Bonchev–Trinajstić information content (AvgIpc) is 2.89. The van der Waals surface area contributed by atoms with E-state index < -0.39 is 0 Å². The van der Waals surface area contributed by atoms with Crippen LogP contribution in [-0.2, 0) is 11.2 Å². The molecule has 0 N–H and O–H groups in total. The Labute approximate surface area is 207 Å². The smallest absolute Gasteiger partial charge is 0.266 e. The van der Waals surface area contributed by atoms with Crippen LogP contribution in [0.2, 0.25) is 0 Å². The number of nitrogens with zero attached hydrogens (tertiary/aromatic N) is 3. The molecule has 0 saturated carbocycles. The van der Waals surface area contributed by atoms with E-state index in [0.717, 1.165) is 32.4 Å². The molecule has 0 radical (unpaired) electrons. The quantitative estimate of drug-likeness (QED) is 0.281. The van der Waals surface area contributed by atoms with Gasteiger partial charge in [-0.15, -0.1) is 0 Å². The number of carbonyl (C=O) groups is 1. The van der Waals surface area contributed by atoms with Crippen molar-refractivity contribution in [2.45, 2.75) is 24.4 Å². The lowest BCUT2D eigenvalue weighted by Crippen LogP contribution is -2.40. The Kier molecular flexibility index (Phi) is 6.95. The van der Waals surface area contributed by atoms with Gasteiger partial charge in [-0.25, -0.2) is 9.37 Å². The number of amides is 1. The third-order valence-electron chi connectivity index (χ3n) is 6.49. The summed E-state index contributed by atoms with van der Waals surface area (Å²) in [5.74, 6) is 0.437. The second-order valence-corrected chi connectivity index (χ2v) is 9.77. The molecule has 1 amide bonds. The van der Waals surface area contributed by atoms with Crippen LogP contribution >= 0.6 is 11.8 Å². The fraction of sp³-hybridized carbons (Fsp3) is 0.250. The second kappa shape index (κ2) is 10.4. The fourth-order valence-corrected chi connectivity index (χ4v) is 5.49. The van der Waals surface area contributed by atoms with Gasteiger partial charge in [0.1, 0.15) is 5.82 Å². The molecule has 0 bridgehead atoms. The molecule has 4 aromatic rings. The standard InChI is InChI=1S/C28H26FN3O2S/c29-22-10-12-23(13-11-22)32-27(34)24-8-4-5-9-25(24)30-28(32)35-19-26(33)31-16-14-21(15-17-31)18-20-6-2-1-3-7-20/h1-13,21H,14-19H2. The lowest BCUT2D eigenvalue weighted by molar-refractivity contribution is -0.129. The molecule has 0 spiro atoms. The highest BCUT2D eigenvalue weighted by molar-refractivity contribution is 7.99. The molecule has 1 fully saturated rings. The van der Waals surface area contributed by atoms with Crippen molar-refractivity contribution in [1.82, 2.24) is 14.5 Å². The number of thioether (sulfide) groups is 1. The molecule has 0 atom stereocenters. The number of benzene rings is 3. The summed E-state index contributed by atoms with van der Waals surface area (Å²) in [7, 11) is 0. The summed E-state index contributed by atoms with van der Waals surface area (Å²) in [6, 6.07) is 23.3. The number of hydrogen-bond acceptors (Lipinski definition) is 4. The molecular formula is C28H26FN3O2S. The second-order valence-electron chi connectivity index (χ2n) is 8.83. The minimum atomic E-state index is -0.379. The van der Waals surface area contributed by atoms with Gasteiger partial charge in [0.15, 0.2) is 5.16 Å². The predicted molar refractivity (Wildman–Crippen MR) is 137 cm³/mol. The molecule has 0 aliphatic carbocycles. The van der Waals surface area contributed by atoms with E-state index in [0.29, 0.717) is 27.7 Å². The maximum Gasteiger partial charge on any atom is 0.266 e. The molecule has 0 unspecified atom stereocenters. The van der Waals surface area contributed by atoms with E-state index in [1.165, 1.54) is 34.0 Å². The molecule has 1 aliphatic heterocycles. The Hall–Kier alpha value is -3.45. The van der Waals surface area contributed by atoms with Gasteiger partial charge in [0, 0.05) is 13.1 Å². The highest BCUT2D eigenvalue weighted by atomic mass is 32.2. The lowest BCUT2D eigenvalue weighted by atomic mass is 9.90. The van der Waals surface area contributed by atoms with Crippen molar-refractivity contribution in [3.05, 3.63) is 101 Å². The van der Waals surface area contributed by atoms with E-state index in [9.17, 15) is 14.0 Å². The van der Waals surface area contributed by atoms with Crippen LogP contribution in [0.4, 0.5) is 4.39 Å². The van der Waals surface area contributed by atoms with Gasteiger partial charge < -0.3 is 4.90 Å². The number of rotatable bonds is 6. The number of halogens is 1. The van der Waals surface area contributed by atoms with E-state index in [1.807, 2.05) is 17.0 Å². The number of aromatic nitrogens is 2. The minimum absolute atomic E-state index is 0.0428. The number of carbonyl (C=O) groups excluding carboxylic acids is 1. The molecule has 5 rings (SSSR count). The van der Waals surface area contributed by atoms with Crippen molar-refractivity contribution in [1.29, 1.82) is 0 Å². The molecule has 1 aliphatic rings. The van der Waals surface area contributed by atoms with Crippen LogP contribution in [0.1, 0.15) is 18.4 Å². The first-order chi connectivity index (χ1) is 17.1. The number of fused-ring (bicyclic) bond motifs is 1. The van der Waals surface area contributed by atoms with Crippen molar-refractivity contribution >= 4 is 28.6 Å². The summed E-state index contributed by atoms with van der Waals surface area (Å²) in [6.07, 6.45) is 3.02. The van der Waals surface area contributed by atoms with Crippen LogP contribution in [-0.4, -0.2) is 39.2 Å². The van der Waals surface area contributed by atoms with Gasteiger partial charge >= 0.3 is 0 Å². The Morgan fingerprint density at radius 1 is 0.943 bits per heavy atom. The molecule has 1 aromatic heterocycles. The molecule has 35 heavy (non-hydrogen) atoms. The number of piperidine rings is 1. The van der Waals surface area contributed by atoms with E-state index in [2.05, 4.69) is 29.2 Å². The first kappa shape index (κ1) is 23.3. The zero-order valence-electron chi connectivity index (χ0n) is 19.3. The SMILES string of the molecule is O=C(CSc1nc2ccccc2c(=O)n1-c1ccc(F)cc1)N1CCC(Cc2ccccc2)CC1. The maximum atomic E-state index is 13.5. The summed E-state index contributed by atoms with van der Waals surface area (Å²) in [5.41, 5.74) is 2.20. The van der Waals surface area contributed by atoms with Gasteiger partial charge in [0.25, 0.3) is 5.56 Å². The van der Waals surface area contributed by atoms with Gasteiger partial charge in [0.2, 0.25) is 5.91 Å². The van der Waals surface area contributed by atoms with E-state index in [4.69, 9.17) is 0 Å². The lowest BCUT2D eigenvalue weighted by Gasteiger charge is -2.32. The third kappa shape index (κ3) is 5.30. The summed E-state index contributed by atoms with van der Waals surface area (Å²) < 4.78 is 15.0. The van der Waals surface area contributed by atoms with Gasteiger partial charge in [-0.1, -0.05) is 54.2 Å². The Morgan fingerprint density at radius 3 is 2.37 bits per heavy atom. The Morgan fingerprint density at radius 2 is 1.63 bits per heavy atom. The van der Waals surface area contributed by atoms with Crippen molar-refractivity contribution in [3.8, 4) is 5.69 Å². The van der Waals surface area contributed by atoms with Crippen LogP contribution in [0.5, 0.6) is 0 Å². The summed E-state index contributed by atoms with van der Waals surface area (Å²) in [4.78, 5) is 32.9. The van der Waals surface area contributed by atoms with Crippen LogP contribution < -0.4 is 5.56 Å². The molecule has 3 aromatic carbocycles. The number of likely N-dealkylation sites (tertiary alicyclic amines) is 1. The molecule has 2 heterocycles. The van der Waals surface area contributed by atoms with E-state index in [1.54, 1.807) is 30.3 Å². The highest BCUT2D eigenvalue weighted by Gasteiger charge is 2.24. The van der Waals surface area contributed by atoms with Crippen LogP contribution in [0.15, 0.2) is 88.8 Å². The maximum absolute atomic E-state index is 13.5. The van der Waals surface area contributed by atoms with Crippen molar-refractivity contribution < 1.29 is 9.18 Å². The van der Waals surface area contributed by atoms with Crippen LogP contribution in [0.3, 0.4) is 0 Å². The van der Waals surface area contributed by atoms with Crippen molar-refractivity contribution in [2.75, 3.05) is 18.8 Å². The normalized spacial score (nSPS) is 14.4. The van der Waals surface area contributed by atoms with Gasteiger partial charge in [-0.3, -0.25) is 14.2 Å². The van der Waals surface area contributed by atoms with Gasteiger partial charge in [-0.05, 0) is 67.1 Å². The predicted octanol–water partition coefficient (Wildman–Crippen LogP) is 5.10. The fourth-order valence-electron chi connectivity index (χ4n) is 4.58. The van der Waals surface area contributed by atoms with Crippen LogP contribution in [0, 0.1) is 11.7 Å².